The number of ether oxygens (including phenoxy) is 1. The minimum atomic E-state index is -0.728. The molecule has 0 saturated carbocycles. The Morgan fingerprint density at radius 1 is 0.511 bits per heavy atom. The molecule has 0 saturated heterocycles. The molecule has 0 aliphatic carbocycles. The maximum atomic E-state index is 12.6. The molecule has 0 heterocycles. The number of allylic oxidation sites excluding steroid dienone is 7. The van der Waals surface area contributed by atoms with Gasteiger partial charge in [-0.15, -0.1) is 0 Å². The van der Waals surface area contributed by atoms with Gasteiger partial charge >= 0.3 is 11.9 Å². The Morgan fingerprint density at radius 2 is 0.933 bits per heavy atom. The van der Waals surface area contributed by atoms with Crippen LogP contribution in [0.25, 0.3) is 0 Å². The van der Waals surface area contributed by atoms with Gasteiger partial charge in [0, 0.05) is 12.8 Å². The molecule has 0 aliphatic heterocycles. The van der Waals surface area contributed by atoms with Gasteiger partial charge in [0.05, 0.1) is 0 Å². The van der Waals surface area contributed by atoms with E-state index in [2.05, 4.69) is 62.5 Å². The molecule has 260 valence electrons. The number of unbranched alkanes of at least 4 members (excludes halogenated alkanes) is 19. The van der Waals surface area contributed by atoms with Gasteiger partial charge in [-0.3, -0.25) is 9.59 Å². The van der Waals surface area contributed by atoms with Crippen LogP contribution in [0.5, 0.6) is 0 Å². The van der Waals surface area contributed by atoms with Crippen molar-refractivity contribution >= 4 is 11.9 Å². The van der Waals surface area contributed by atoms with Gasteiger partial charge in [-0.2, -0.15) is 0 Å². The minimum Gasteiger partial charge on any atom is -0.481 e. The molecule has 0 amide bonds. The molecule has 0 aromatic rings. The van der Waals surface area contributed by atoms with E-state index in [0.717, 1.165) is 57.8 Å². The van der Waals surface area contributed by atoms with Crippen molar-refractivity contribution in [2.75, 3.05) is 0 Å². The third-order valence-electron chi connectivity index (χ3n) is 8.26. The van der Waals surface area contributed by atoms with E-state index in [0.29, 0.717) is 12.8 Å². The highest BCUT2D eigenvalue weighted by atomic mass is 16.5. The summed E-state index contributed by atoms with van der Waals surface area (Å²) in [5, 5.41) is 8.82. The number of carbonyl (C=O) groups is 2. The highest BCUT2D eigenvalue weighted by Gasteiger charge is 2.11. The predicted molar refractivity (Wildman–Crippen MR) is 195 cm³/mol. The second-order valence-electron chi connectivity index (χ2n) is 12.8. The molecule has 1 atom stereocenters. The number of carboxylic acids is 1. The van der Waals surface area contributed by atoms with E-state index in [-0.39, 0.29) is 18.5 Å². The molecule has 0 radical (unpaired) electrons. The van der Waals surface area contributed by atoms with Crippen LogP contribution in [0.3, 0.4) is 0 Å². The first-order valence-electron chi connectivity index (χ1n) is 19.1. The molecule has 4 nitrogen and oxygen atoms in total. The largest absolute Gasteiger partial charge is 0.481 e. The third-order valence-corrected chi connectivity index (χ3v) is 8.26. The molecule has 0 aliphatic rings. The van der Waals surface area contributed by atoms with Crippen molar-refractivity contribution in [1.82, 2.24) is 0 Å². The van der Waals surface area contributed by atoms with Gasteiger partial charge in [0.25, 0.3) is 0 Å². The van der Waals surface area contributed by atoms with Crippen molar-refractivity contribution in [3.05, 3.63) is 48.6 Å². The molecule has 0 spiro atoms. The first kappa shape index (κ1) is 42.9. The summed E-state index contributed by atoms with van der Waals surface area (Å²) in [5.74, 6) is -0.812. The lowest BCUT2D eigenvalue weighted by Crippen LogP contribution is -2.16. The van der Waals surface area contributed by atoms with Gasteiger partial charge in [0.15, 0.2) is 0 Å². The molecule has 0 bridgehead atoms. The third kappa shape index (κ3) is 36.2. The molecular weight excluding hydrogens is 556 g/mol. The number of hydrogen-bond donors (Lipinski definition) is 1. The van der Waals surface area contributed by atoms with E-state index in [9.17, 15) is 9.59 Å². The Labute approximate surface area is 279 Å². The lowest BCUT2D eigenvalue weighted by atomic mass is 10.1. The summed E-state index contributed by atoms with van der Waals surface area (Å²) in [4.78, 5) is 23.3. The van der Waals surface area contributed by atoms with Crippen LogP contribution >= 0.6 is 0 Å². The number of aliphatic carboxylic acids is 1. The standard InChI is InChI=1S/C41H72O4/c1-3-5-7-9-11-13-14-15-16-17-18-19-20-21-22-24-26-28-34-38-41(44)45-39(36-32-29-30-33-37-40(42)43)35-31-27-25-23-12-10-8-6-4-2/h11,13,15-16,23,25,31,35,39H,3-10,12,14,17-22,24,26-30,32-34,36-38H2,1-2H3,(H,42,43)/b13-11-,16-15-,25-23-,35-31-. The van der Waals surface area contributed by atoms with Crippen LogP contribution in [0.1, 0.15) is 194 Å². The monoisotopic (exact) mass is 629 g/mol. The van der Waals surface area contributed by atoms with E-state index in [1.807, 2.05) is 0 Å². The Morgan fingerprint density at radius 3 is 1.49 bits per heavy atom. The molecule has 1 unspecified atom stereocenters. The fourth-order valence-electron chi connectivity index (χ4n) is 5.40. The van der Waals surface area contributed by atoms with Crippen LogP contribution in [0.2, 0.25) is 0 Å². The Balaban J connectivity index is 3.99. The Hall–Kier alpha value is -2.10. The molecule has 0 fully saturated rings. The van der Waals surface area contributed by atoms with Crippen molar-refractivity contribution in [3.63, 3.8) is 0 Å². The summed E-state index contributed by atoms with van der Waals surface area (Å²) < 4.78 is 5.85. The lowest BCUT2D eigenvalue weighted by molar-refractivity contribution is -0.147. The lowest BCUT2D eigenvalue weighted by Gasteiger charge is -2.14. The molecule has 0 rings (SSSR count). The number of rotatable bonds is 34. The highest BCUT2D eigenvalue weighted by molar-refractivity contribution is 5.69. The van der Waals surface area contributed by atoms with E-state index in [1.165, 1.54) is 103 Å². The average molecular weight is 629 g/mol. The van der Waals surface area contributed by atoms with Crippen molar-refractivity contribution in [1.29, 1.82) is 0 Å². The van der Waals surface area contributed by atoms with E-state index >= 15 is 0 Å². The van der Waals surface area contributed by atoms with E-state index in [1.54, 1.807) is 0 Å². The summed E-state index contributed by atoms with van der Waals surface area (Å²) in [6, 6.07) is 0. The summed E-state index contributed by atoms with van der Waals surface area (Å²) >= 11 is 0. The van der Waals surface area contributed by atoms with E-state index < -0.39 is 5.97 Å². The molecule has 45 heavy (non-hydrogen) atoms. The number of carboxylic acid groups (broad SMARTS) is 1. The van der Waals surface area contributed by atoms with Gasteiger partial charge < -0.3 is 9.84 Å². The van der Waals surface area contributed by atoms with E-state index in [4.69, 9.17) is 9.84 Å². The van der Waals surface area contributed by atoms with Gasteiger partial charge in [0.1, 0.15) is 6.10 Å². The number of esters is 1. The maximum absolute atomic E-state index is 12.6. The summed E-state index contributed by atoms with van der Waals surface area (Å²) in [5.41, 5.74) is 0. The first-order valence-corrected chi connectivity index (χ1v) is 19.1. The van der Waals surface area contributed by atoms with Crippen LogP contribution in [-0.4, -0.2) is 23.1 Å². The zero-order valence-corrected chi connectivity index (χ0v) is 29.7. The number of hydrogen-bond acceptors (Lipinski definition) is 3. The first-order chi connectivity index (χ1) is 22.1. The van der Waals surface area contributed by atoms with Crippen molar-refractivity contribution in [2.45, 2.75) is 200 Å². The molecule has 4 heteroatoms. The van der Waals surface area contributed by atoms with Crippen molar-refractivity contribution in [2.24, 2.45) is 0 Å². The molecule has 0 aromatic heterocycles. The summed E-state index contributed by atoms with van der Waals surface area (Å²) in [6.07, 6.45) is 48.5. The molecule has 1 N–H and O–H groups in total. The quantitative estimate of drug-likeness (QED) is 0.0437. The Bertz CT molecular complexity index is 763. The van der Waals surface area contributed by atoms with Crippen molar-refractivity contribution < 1.29 is 19.4 Å². The average Bonchev–Trinajstić information content (AvgIpc) is 3.02. The van der Waals surface area contributed by atoms with Gasteiger partial charge in [-0.05, 0) is 83.1 Å². The summed E-state index contributed by atoms with van der Waals surface area (Å²) in [6.45, 7) is 4.49. The number of carbonyl (C=O) groups excluding carboxylic acids is 1. The van der Waals surface area contributed by atoms with Crippen LogP contribution in [0.15, 0.2) is 48.6 Å². The zero-order chi connectivity index (χ0) is 32.9. The fourth-order valence-corrected chi connectivity index (χ4v) is 5.40. The maximum Gasteiger partial charge on any atom is 0.306 e. The zero-order valence-electron chi connectivity index (χ0n) is 29.7. The smallest absolute Gasteiger partial charge is 0.306 e. The van der Waals surface area contributed by atoms with Crippen LogP contribution in [0.4, 0.5) is 0 Å². The van der Waals surface area contributed by atoms with Crippen LogP contribution in [0, 0.1) is 0 Å². The van der Waals surface area contributed by atoms with Crippen molar-refractivity contribution in [3.8, 4) is 0 Å². The topological polar surface area (TPSA) is 63.6 Å². The summed E-state index contributed by atoms with van der Waals surface area (Å²) in [7, 11) is 0. The highest BCUT2D eigenvalue weighted by Crippen LogP contribution is 2.15. The normalized spacial score (nSPS) is 12.8. The fraction of sp³-hybridized carbons (Fsp3) is 0.756. The van der Waals surface area contributed by atoms with Gasteiger partial charge in [-0.25, -0.2) is 0 Å². The van der Waals surface area contributed by atoms with Crippen LogP contribution < -0.4 is 0 Å². The van der Waals surface area contributed by atoms with Gasteiger partial charge in [-0.1, -0.05) is 146 Å². The molecule has 0 aromatic carbocycles. The minimum absolute atomic E-state index is 0.0842. The second-order valence-corrected chi connectivity index (χ2v) is 12.8. The second kappa shape index (κ2) is 36.4. The molecular formula is C41H72O4. The van der Waals surface area contributed by atoms with Gasteiger partial charge in [0.2, 0.25) is 0 Å². The predicted octanol–water partition coefficient (Wildman–Crippen LogP) is 13.2. The van der Waals surface area contributed by atoms with Crippen LogP contribution in [-0.2, 0) is 14.3 Å². The SMILES string of the molecule is CCCCC/C=C\C/C=C\CCCCCCCCCCCC(=O)OC(/C=C\C/C=C\CCCCCC)CCCCCCC(=O)O. The Kier molecular flexibility index (Phi) is 34.7.